The van der Waals surface area contributed by atoms with Crippen LogP contribution in [0, 0.1) is 0 Å². The van der Waals surface area contributed by atoms with Crippen LogP contribution in [0.3, 0.4) is 0 Å². The predicted octanol–water partition coefficient (Wildman–Crippen LogP) is 9.02. The SMILES string of the molecule is CC.CC(NC(=O)c1cc2ccccc2[nH]1)c1ccccc1.CF.O=C(NCc1ccccc1)c1cc2cc(Cl)ccc2[nH]1. The summed E-state index contributed by atoms with van der Waals surface area (Å²) < 4.78 is 9.50. The third-order valence-electron chi connectivity index (χ3n) is 6.55. The summed E-state index contributed by atoms with van der Waals surface area (Å²) in [6.07, 6.45) is 0. The Kier molecular flexibility index (Phi) is 13.2. The molecule has 1 unspecified atom stereocenters. The Morgan fingerprint density at radius 1 is 0.705 bits per heavy atom. The van der Waals surface area contributed by atoms with Crippen LogP contribution >= 0.6 is 11.6 Å². The van der Waals surface area contributed by atoms with E-state index in [4.69, 9.17) is 11.6 Å². The number of hydrogen-bond acceptors (Lipinski definition) is 2. The molecule has 0 spiro atoms. The minimum absolute atomic E-state index is 0.0184. The van der Waals surface area contributed by atoms with Crippen LogP contribution in [0.25, 0.3) is 21.8 Å². The molecule has 0 fully saturated rings. The summed E-state index contributed by atoms with van der Waals surface area (Å²) in [6.45, 7) is 6.49. The first-order chi connectivity index (χ1) is 21.5. The molecular weight excluding hydrogens is 575 g/mol. The van der Waals surface area contributed by atoms with E-state index >= 15 is 0 Å². The molecule has 0 aliphatic rings. The van der Waals surface area contributed by atoms with Crippen LogP contribution < -0.4 is 10.6 Å². The molecule has 4 aromatic carbocycles. The van der Waals surface area contributed by atoms with Crippen molar-refractivity contribution in [3.05, 3.63) is 143 Å². The van der Waals surface area contributed by atoms with Gasteiger partial charge in [0.2, 0.25) is 0 Å². The van der Waals surface area contributed by atoms with Gasteiger partial charge in [0, 0.05) is 33.4 Å². The molecule has 0 bridgehead atoms. The van der Waals surface area contributed by atoms with Crippen LogP contribution in [0.1, 0.15) is 58.9 Å². The number of nitrogens with one attached hydrogen (secondary N) is 4. The van der Waals surface area contributed by atoms with Gasteiger partial charge in [0.15, 0.2) is 0 Å². The largest absolute Gasteiger partial charge is 0.351 e. The number of aromatic nitrogens is 2. The summed E-state index contributed by atoms with van der Waals surface area (Å²) in [7, 11) is 0.500. The molecule has 6 nitrogen and oxygen atoms in total. The third-order valence-corrected chi connectivity index (χ3v) is 6.78. The molecule has 228 valence electrons. The molecule has 6 rings (SSSR count). The summed E-state index contributed by atoms with van der Waals surface area (Å²) in [6, 6.07) is 36.8. The fourth-order valence-electron chi connectivity index (χ4n) is 4.39. The lowest BCUT2D eigenvalue weighted by Crippen LogP contribution is -2.26. The first-order valence-corrected chi connectivity index (χ1v) is 14.8. The van der Waals surface area contributed by atoms with Crippen molar-refractivity contribution < 1.29 is 14.0 Å². The van der Waals surface area contributed by atoms with Crippen molar-refractivity contribution in [1.82, 2.24) is 20.6 Å². The fourth-order valence-corrected chi connectivity index (χ4v) is 4.57. The highest BCUT2D eigenvalue weighted by Crippen LogP contribution is 2.20. The molecule has 0 saturated heterocycles. The summed E-state index contributed by atoms with van der Waals surface area (Å²) in [5, 5.41) is 8.53. The second kappa shape index (κ2) is 17.3. The molecule has 6 aromatic rings. The normalized spacial score (nSPS) is 10.7. The van der Waals surface area contributed by atoms with Gasteiger partial charge < -0.3 is 20.6 Å². The number of alkyl halides is 1. The number of rotatable bonds is 6. The first-order valence-electron chi connectivity index (χ1n) is 14.4. The Balaban J connectivity index is 0.000000216. The van der Waals surface area contributed by atoms with Gasteiger partial charge in [-0.3, -0.25) is 14.0 Å². The molecule has 0 saturated carbocycles. The second-order valence-electron chi connectivity index (χ2n) is 9.46. The molecule has 0 aliphatic heterocycles. The molecule has 2 heterocycles. The number of carbonyl (C=O) groups excluding carboxylic acids is 2. The highest BCUT2D eigenvalue weighted by Gasteiger charge is 2.13. The quantitative estimate of drug-likeness (QED) is 0.151. The van der Waals surface area contributed by atoms with Gasteiger partial charge in [-0.05, 0) is 54.4 Å². The van der Waals surface area contributed by atoms with Gasteiger partial charge >= 0.3 is 0 Å². The fraction of sp³-hybridized carbons (Fsp3) is 0.167. The zero-order valence-corrected chi connectivity index (χ0v) is 26.1. The molecule has 2 amide bonds. The van der Waals surface area contributed by atoms with Crippen LogP contribution in [0.15, 0.2) is 115 Å². The average Bonchev–Trinajstić information content (AvgIpc) is 3.71. The van der Waals surface area contributed by atoms with Gasteiger partial charge in [0.05, 0.1) is 13.2 Å². The van der Waals surface area contributed by atoms with Crippen molar-refractivity contribution in [2.75, 3.05) is 7.18 Å². The molecule has 4 N–H and O–H groups in total. The Morgan fingerprint density at radius 3 is 1.91 bits per heavy atom. The number of fused-ring (bicyclic) bond motifs is 2. The van der Waals surface area contributed by atoms with Crippen molar-refractivity contribution in [3.63, 3.8) is 0 Å². The summed E-state index contributed by atoms with van der Waals surface area (Å²) in [5.74, 6) is -0.210. The number of hydrogen-bond donors (Lipinski definition) is 4. The number of carbonyl (C=O) groups is 2. The number of aromatic amines is 2. The van der Waals surface area contributed by atoms with Crippen LogP contribution in [0.4, 0.5) is 4.39 Å². The van der Waals surface area contributed by atoms with E-state index in [1.165, 1.54) is 0 Å². The van der Waals surface area contributed by atoms with Crippen molar-refractivity contribution >= 4 is 45.2 Å². The second-order valence-corrected chi connectivity index (χ2v) is 9.90. The Bertz CT molecular complexity index is 1720. The molecule has 0 radical (unpaired) electrons. The Hall–Kier alpha value is -4.88. The summed E-state index contributed by atoms with van der Waals surface area (Å²) in [5.41, 5.74) is 5.17. The van der Waals surface area contributed by atoms with Crippen molar-refractivity contribution in [3.8, 4) is 0 Å². The molecule has 2 aromatic heterocycles. The maximum absolute atomic E-state index is 12.3. The van der Waals surface area contributed by atoms with Crippen molar-refractivity contribution in [2.45, 2.75) is 33.4 Å². The predicted molar refractivity (Wildman–Crippen MR) is 180 cm³/mol. The molecule has 8 heteroatoms. The molecule has 44 heavy (non-hydrogen) atoms. The Morgan fingerprint density at radius 2 is 1.25 bits per heavy atom. The average molecular weight is 613 g/mol. The zero-order chi connectivity index (χ0) is 31.9. The van der Waals surface area contributed by atoms with Crippen molar-refractivity contribution in [1.29, 1.82) is 0 Å². The maximum atomic E-state index is 12.3. The number of H-pyrrole nitrogens is 2. The van der Waals surface area contributed by atoms with Crippen molar-refractivity contribution in [2.24, 2.45) is 0 Å². The number of halogens is 2. The van der Waals surface area contributed by atoms with Gasteiger partial charge in [-0.1, -0.05) is 104 Å². The van der Waals surface area contributed by atoms with Gasteiger partial charge in [-0.25, -0.2) is 0 Å². The van der Waals surface area contributed by atoms with Gasteiger partial charge in [-0.2, -0.15) is 0 Å². The van der Waals surface area contributed by atoms with E-state index < -0.39 is 0 Å². The van der Waals surface area contributed by atoms with Crippen LogP contribution in [-0.2, 0) is 6.54 Å². The Labute approximate surface area is 262 Å². The standard InChI is InChI=1S/C17H16N2O.C16H13ClN2O.C2H6.CH3F/c1-12(13-7-3-2-4-8-13)18-17(20)16-11-14-9-5-6-10-15(14)19-16;17-13-6-7-14-12(8-13)9-15(19-14)16(20)18-10-11-4-2-1-3-5-11;2*1-2/h2-12,19H,1H3,(H,18,20);1-9,19H,10H2,(H,18,20);1-2H3;1H3. The van der Waals surface area contributed by atoms with Gasteiger partial charge in [-0.15, -0.1) is 0 Å². The zero-order valence-electron chi connectivity index (χ0n) is 25.3. The van der Waals surface area contributed by atoms with E-state index in [0.717, 1.165) is 32.9 Å². The van der Waals surface area contributed by atoms with E-state index in [1.54, 1.807) is 6.07 Å². The lowest BCUT2D eigenvalue weighted by Gasteiger charge is -2.13. The number of benzene rings is 4. The van der Waals surface area contributed by atoms with E-state index in [0.29, 0.717) is 30.1 Å². The number of para-hydroxylation sites is 1. The topological polar surface area (TPSA) is 89.8 Å². The van der Waals surface area contributed by atoms with Crippen LogP contribution in [0.5, 0.6) is 0 Å². The lowest BCUT2D eigenvalue weighted by atomic mass is 10.1. The highest BCUT2D eigenvalue weighted by molar-refractivity contribution is 6.31. The van der Waals surface area contributed by atoms with Crippen LogP contribution in [-0.4, -0.2) is 29.0 Å². The lowest BCUT2D eigenvalue weighted by molar-refractivity contribution is 0.0931. The monoisotopic (exact) mass is 612 g/mol. The maximum Gasteiger partial charge on any atom is 0.268 e. The third kappa shape index (κ3) is 9.31. The van der Waals surface area contributed by atoms with E-state index in [2.05, 4.69) is 20.6 Å². The molecular formula is C36H38ClFN4O2. The van der Waals surface area contributed by atoms with Crippen LogP contribution in [0.2, 0.25) is 5.02 Å². The first kappa shape index (κ1) is 33.6. The highest BCUT2D eigenvalue weighted by atomic mass is 35.5. The van der Waals surface area contributed by atoms with Gasteiger partial charge in [0.25, 0.3) is 11.8 Å². The minimum Gasteiger partial charge on any atom is -0.351 e. The molecule has 0 aliphatic carbocycles. The van der Waals surface area contributed by atoms with Gasteiger partial charge in [0.1, 0.15) is 11.4 Å². The smallest absolute Gasteiger partial charge is 0.268 e. The van der Waals surface area contributed by atoms with E-state index in [-0.39, 0.29) is 17.9 Å². The van der Waals surface area contributed by atoms with E-state index in [9.17, 15) is 14.0 Å². The molecule has 1 atom stereocenters. The minimum atomic E-state index is -0.124. The van der Waals surface area contributed by atoms with E-state index in [1.807, 2.05) is 130 Å². The number of amides is 2. The summed E-state index contributed by atoms with van der Waals surface area (Å²) in [4.78, 5) is 30.6. The summed E-state index contributed by atoms with van der Waals surface area (Å²) >= 11 is 5.93.